The van der Waals surface area contributed by atoms with Gasteiger partial charge in [0, 0.05) is 45.8 Å². The first-order valence-corrected chi connectivity index (χ1v) is 9.32. The highest BCUT2D eigenvalue weighted by molar-refractivity contribution is 5.76. The summed E-state index contributed by atoms with van der Waals surface area (Å²) in [5, 5.41) is 0. The van der Waals surface area contributed by atoms with Crippen LogP contribution in [-0.4, -0.2) is 61.6 Å². The van der Waals surface area contributed by atoms with Crippen molar-refractivity contribution < 1.29 is 9.53 Å². The van der Waals surface area contributed by atoms with Gasteiger partial charge < -0.3 is 14.5 Å². The summed E-state index contributed by atoms with van der Waals surface area (Å²) in [6.45, 7) is 4.76. The third-order valence-electron chi connectivity index (χ3n) is 5.56. The number of nitrogens with zero attached hydrogens (tertiary/aromatic N) is 2. The van der Waals surface area contributed by atoms with Crippen molar-refractivity contribution in [3.63, 3.8) is 0 Å². The van der Waals surface area contributed by atoms with E-state index in [-0.39, 0.29) is 0 Å². The number of benzene rings is 1. The maximum Gasteiger partial charge on any atom is 0.222 e. The zero-order valence-electron chi connectivity index (χ0n) is 14.8. The smallest absolute Gasteiger partial charge is 0.222 e. The predicted molar refractivity (Wildman–Crippen MR) is 95.9 cm³/mol. The lowest BCUT2D eigenvalue weighted by atomic mass is 9.88. The average Bonchev–Trinajstić information content (AvgIpc) is 2.77. The molecule has 0 unspecified atom stereocenters. The highest BCUT2D eigenvalue weighted by Crippen LogP contribution is 2.30. The zero-order chi connectivity index (χ0) is 16.8. The zero-order valence-corrected chi connectivity index (χ0v) is 14.8. The van der Waals surface area contributed by atoms with Crippen LogP contribution in [0.1, 0.15) is 31.2 Å². The van der Waals surface area contributed by atoms with Crippen molar-refractivity contribution in [1.29, 1.82) is 0 Å². The van der Waals surface area contributed by atoms with Crippen molar-refractivity contribution in [3.8, 4) is 0 Å². The van der Waals surface area contributed by atoms with Gasteiger partial charge in [-0.05, 0) is 37.2 Å². The first kappa shape index (κ1) is 17.4. The van der Waals surface area contributed by atoms with Gasteiger partial charge in [-0.25, -0.2) is 0 Å². The van der Waals surface area contributed by atoms with Crippen LogP contribution in [0.4, 0.5) is 0 Å². The summed E-state index contributed by atoms with van der Waals surface area (Å²) in [5.74, 6) is 0.954. The molecular formula is C20H30N2O2. The number of rotatable bonds is 6. The summed E-state index contributed by atoms with van der Waals surface area (Å²) in [4.78, 5) is 17.1. The molecule has 2 atom stereocenters. The summed E-state index contributed by atoms with van der Waals surface area (Å²) in [7, 11) is 1.71. The molecule has 1 amide bonds. The van der Waals surface area contributed by atoms with Crippen molar-refractivity contribution in [2.24, 2.45) is 5.92 Å². The molecule has 1 aromatic carbocycles. The number of fused-ring (bicyclic) bond motifs is 1. The van der Waals surface area contributed by atoms with Crippen molar-refractivity contribution in [2.45, 2.75) is 38.1 Å². The summed E-state index contributed by atoms with van der Waals surface area (Å²) in [6, 6.07) is 11.2. The molecule has 2 aliphatic heterocycles. The van der Waals surface area contributed by atoms with Crippen molar-refractivity contribution in [1.82, 2.24) is 9.80 Å². The Balaban J connectivity index is 1.57. The molecule has 2 heterocycles. The van der Waals surface area contributed by atoms with Crippen LogP contribution >= 0.6 is 0 Å². The van der Waals surface area contributed by atoms with Gasteiger partial charge in [0.25, 0.3) is 0 Å². The number of likely N-dealkylation sites (tertiary alicyclic amines) is 2. The van der Waals surface area contributed by atoms with Gasteiger partial charge in [0.15, 0.2) is 0 Å². The molecule has 24 heavy (non-hydrogen) atoms. The van der Waals surface area contributed by atoms with Gasteiger partial charge in [-0.2, -0.15) is 0 Å². The monoisotopic (exact) mass is 330 g/mol. The Kier molecular flexibility index (Phi) is 6.27. The quantitative estimate of drug-likeness (QED) is 0.804. The van der Waals surface area contributed by atoms with Crippen LogP contribution in [0, 0.1) is 5.92 Å². The first-order valence-electron chi connectivity index (χ1n) is 9.32. The summed E-state index contributed by atoms with van der Waals surface area (Å²) in [6.07, 6.45) is 5.15. The van der Waals surface area contributed by atoms with Crippen LogP contribution in [0.5, 0.6) is 0 Å². The van der Waals surface area contributed by atoms with Gasteiger partial charge in [-0.15, -0.1) is 0 Å². The Hall–Kier alpha value is -1.39. The number of methoxy groups -OCH3 is 1. The number of amides is 1. The summed E-state index contributed by atoms with van der Waals surface area (Å²) < 4.78 is 5.22. The van der Waals surface area contributed by atoms with Gasteiger partial charge in [-0.3, -0.25) is 4.79 Å². The van der Waals surface area contributed by atoms with E-state index < -0.39 is 0 Å². The van der Waals surface area contributed by atoms with Crippen LogP contribution in [-0.2, 0) is 16.0 Å². The number of carbonyl (C=O) groups excluding carboxylic acids is 1. The van der Waals surface area contributed by atoms with Gasteiger partial charge in [-0.1, -0.05) is 30.3 Å². The molecule has 0 bridgehead atoms. The van der Waals surface area contributed by atoms with Crippen molar-refractivity contribution in [2.75, 3.05) is 39.9 Å². The molecule has 0 aromatic heterocycles. The number of carbonyl (C=O) groups is 1. The highest BCUT2D eigenvalue weighted by Gasteiger charge is 2.36. The predicted octanol–water partition coefficient (Wildman–Crippen LogP) is 2.58. The number of piperidine rings is 1. The molecule has 3 rings (SSSR count). The topological polar surface area (TPSA) is 32.8 Å². The van der Waals surface area contributed by atoms with E-state index in [1.165, 1.54) is 12.0 Å². The van der Waals surface area contributed by atoms with Crippen LogP contribution < -0.4 is 0 Å². The minimum absolute atomic E-state index is 0.331. The van der Waals surface area contributed by atoms with Crippen LogP contribution in [0.25, 0.3) is 0 Å². The summed E-state index contributed by atoms with van der Waals surface area (Å²) >= 11 is 0. The van der Waals surface area contributed by atoms with Crippen LogP contribution in [0.15, 0.2) is 30.3 Å². The fourth-order valence-electron chi connectivity index (χ4n) is 4.25. The Labute approximate surface area is 145 Å². The summed E-state index contributed by atoms with van der Waals surface area (Å²) in [5.41, 5.74) is 1.41. The van der Waals surface area contributed by atoms with E-state index in [0.717, 1.165) is 45.4 Å². The molecule has 132 valence electrons. The normalized spacial score (nSPS) is 25.4. The Morgan fingerprint density at radius 2 is 2.00 bits per heavy atom. The molecular weight excluding hydrogens is 300 g/mol. The third-order valence-corrected chi connectivity index (χ3v) is 5.56. The molecule has 0 saturated carbocycles. The maximum absolute atomic E-state index is 12.4. The van der Waals surface area contributed by atoms with E-state index >= 15 is 0 Å². The number of hydrogen-bond acceptors (Lipinski definition) is 3. The second kappa shape index (κ2) is 8.63. The van der Waals surface area contributed by atoms with Crippen molar-refractivity contribution >= 4 is 5.91 Å². The van der Waals surface area contributed by atoms with E-state index in [9.17, 15) is 4.79 Å². The lowest BCUT2D eigenvalue weighted by Gasteiger charge is -2.42. The molecule has 0 aliphatic carbocycles. The standard InChI is InChI=1S/C20H30N2O2/c1-24-15-14-22-19-11-13-21(12-10-17-6-3-2-4-7-17)16-18(19)8-5-9-20(22)23/h2-4,6-7,18-19H,5,8-16H2,1H3/t18-,19+/m0/s1. The minimum atomic E-state index is 0.331. The van der Waals surface area contributed by atoms with E-state index in [2.05, 4.69) is 40.1 Å². The van der Waals surface area contributed by atoms with E-state index in [0.29, 0.717) is 30.9 Å². The second-order valence-electron chi connectivity index (χ2n) is 7.12. The second-order valence-corrected chi connectivity index (χ2v) is 7.12. The Morgan fingerprint density at radius 3 is 2.79 bits per heavy atom. The lowest BCUT2D eigenvalue weighted by molar-refractivity contribution is -0.135. The first-order chi connectivity index (χ1) is 11.8. The van der Waals surface area contributed by atoms with Crippen molar-refractivity contribution in [3.05, 3.63) is 35.9 Å². The third kappa shape index (κ3) is 4.37. The highest BCUT2D eigenvalue weighted by atomic mass is 16.5. The van der Waals surface area contributed by atoms with E-state index in [1.54, 1.807) is 7.11 Å². The number of ether oxygens (including phenoxy) is 1. The lowest BCUT2D eigenvalue weighted by Crippen LogP contribution is -2.52. The molecule has 2 fully saturated rings. The van der Waals surface area contributed by atoms with Gasteiger partial charge >= 0.3 is 0 Å². The fraction of sp³-hybridized carbons (Fsp3) is 0.650. The Bertz CT molecular complexity index is 520. The largest absolute Gasteiger partial charge is 0.383 e. The van der Waals surface area contributed by atoms with Gasteiger partial charge in [0.1, 0.15) is 0 Å². The molecule has 4 heteroatoms. The molecule has 1 aromatic rings. The fourth-order valence-corrected chi connectivity index (χ4v) is 4.25. The molecule has 0 spiro atoms. The van der Waals surface area contributed by atoms with Crippen LogP contribution in [0.2, 0.25) is 0 Å². The molecule has 0 N–H and O–H groups in total. The number of hydrogen-bond donors (Lipinski definition) is 0. The molecule has 2 saturated heterocycles. The van der Waals surface area contributed by atoms with E-state index in [4.69, 9.17) is 4.74 Å². The maximum atomic E-state index is 12.4. The Morgan fingerprint density at radius 1 is 1.17 bits per heavy atom. The van der Waals surface area contributed by atoms with Crippen LogP contribution in [0.3, 0.4) is 0 Å². The van der Waals surface area contributed by atoms with E-state index in [1.807, 2.05) is 0 Å². The average molecular weight is 330 g/mol. The SMILES string of the molecule is COCCN1C(=O)CCC[C@H]2CN(CCc3ccccc3)CC[C@H]21. The van der Waals surface area contributed by atoms with Gasteiger partial charge in [0.05, 0.1) is 6.61 Å². The minimum Gasteiger partial charge on any atom is -0.383 e. The molecule has 2 aliphatic rings. The van der Waals surface area contributed by atoms with Gasteiger partial charge in [0.2, 0.25) is 5.91 Å². The molecule has 4 nitrogen and oxygen atoms in total. The molecule has 0 radical (unpaired) electrons.